The predicted octanol–water partition coefficient (Wildman–Crippen LogP) is 2.58. The summed E-state index contributed by atoms with van der Waals surface area (Å²) in [5.41, 5.74) is 9.90. The predicted molar refractivity (Wildman–Crippen MR) is 85.8 cm³/mol. The van der Waals surface area contributed by atoms with Crippen molar-refractivity contribution in [1.29, 1.82) is 5.26 Å². The summed E-state index contributed by atoms with van der Waals surface area (Å²) in [5, 5.41) is 14.0. The first kappa shape index (κ1) is 15.3. The smallest absolute Gasteiger partial charge is 0.285 e. The Morgan fingerprint density at radius 1 is 1.19 bits per heavy atom. The summed E-state index contributed by atoms with van der Waals surface area (Å²) in [6.07, 6.45) is 4.63. The third-order valence-corrected chi connectivity index (χ3v) is 3.69. The average Bonchev–Trinajstić information content (AvgIpc) is 2.78. The standard InChI is InChI=1S/C15H18ClN5/c16-12-5-7-13(8-6-12)19-20-14(11-17)15(18)21-9-3-1-2-4-10-21/h5-8H,1-4,9-10H2,(H2,18,19)/p+1. The Hall–Kier alpha value is -2.06. The van der Waals surface area contributed by atoms with Crippen LogP contribution in [0.15, 0.2) is 29.4 Å². The van der Waals surface area contributed by atoms with Crippen LogP contribution in [0.2, 0.25) is 5.02 Å². The van der Waals surface area contributed by atoms with Crippen LogP contribution < -0.4 is 11.2 Å². The van der Waals surface area contributed by atoms with Gasteiger partial charge >= 0.3 is 5.84 Å². The summed E-state index contributed by atoms with van der Waals surface area (Å²) in [5.74, 6) is 0.445. The van der Waals surface area contributed by atoms with E-state index in [1.54, 1.807) is 24.3 Å². The molecular weight excluding hydrogens is 286 g/mol. The van der Waals surface area contributed by atoms with Crippen molar-refractivity contribution in [2.24, 2.45) is 10.8 Å². The summed E-state index contributed by atoms with van der Waals surface area (Å²) >= 11 is 5.82. The SMILES string of the molecule is N#C/C(=N\Nc1ccc(Cl)cc1)C(N)=[N+]1CCCCCC1. The van der Waals surface area contributed by atoms with Crippen molar-refractivity contribution < 1.29 is 4.58 Å². The van der Waals surface area contributed by atoms with Crippen molar-refractivity contribution in [3.63, 3.8) is 0 Å². The monoisotopic (exact) mass is 304 g/mol. The van der Waals surface area contributed by atoms with Gasteiger partial charge in [-0.15, -0.1) is 0 Å². The van der Waals surface area contributed by atoms with Crippen LogP contribution in [0.3, 0.4) is 0 Å². The molecule has 3 N–H and O–H groups in total. The van der Waals surface area contributed by atoms with Gasteiger partial charge in [0, 0.05) is 5.02 Å². The average molecular weight is 305 g/mol. The number of amidine groups is 1. The number of halogens is 1. The highest BCUT2D eigenvalue weighted by atomic mass is 35.5. The third kappa shape index (κ3) is 4.47. The van der Waals surface area contributed by atoms with E-state index in [0.717, 1.165) is 31.6 Å². The quantitative estimate of drug-likeness (QED) is 0.390. The van der Waals surface area contributed by atoms with E-state index < -0.39 is 0 Å². The van der Waals surface area contributed by atoms with Gasteiger partial charge in [0.1, 0.15) is 6.07 Å². The third-order valence-electron chi connectivity index (χ3n) is 3.44. The summed E-state index contributed by atoms with van der Waals surface area (Å²) in [6, 6.07) is 9.16. The van der Waals surface area contributed by atoms with Gasteiger partial charge in [0.25, 0.3) is 0 Å². The molecule has 0 atom stereocenters. The van der Waals surface area contributed by atoms with Crippen LogP contribution in [0.5, 0.6) is 0 Å². The normalized spacial score (nSPS) is 16.0. The van der Waals surface area contributed by atoms with E-state index in [9.17, 15) is 5.26 Å². The van der Waals surface area contributed by atoms with Crippen LogP contribution in [0.25, 0.3) is 0 Å². The van der Waals surface area contributed by atoms with Crippen molar-refractivity contribution >= 4 is 28.8 Å². The van der Waals surface area contributed by atoms with E-state index in [1.807, 2.05) is 4.58 Å². The largest absolute Gasteiger partial charge is 0.306 e. The minimum atomic E-state index is 0.215. The van der Waals surface area contributed by atoms with Gasteiger partial charge in [0.2, 0.25) is 5.71 Å². The highest BCUT2D eigenvalue weighted by molar-refractivity contribution is 6.45. The molecule has 0 aromatic heterocycles. The van der Waals surface area contributed by atoms with E-state index in [2.05, 4.69) is 16.6 Å². The number of hydrogen-bond acceptors (Lipinski definition) is 3. The van der Waals surface area contributed by atoms with Gasteiger partial charge in [-0.05, 0) is 49.9 Å². The van der Waals surface area contributed by atoms with Gasteiger partial charge in [-0.3, -0.25) is 15.7 Å². The van der Waals surface area contributed by atoms with Crippen LogP contribution in [0.4, 0.5) is 5.69 Å². The van der Waals surface area contributed by atoms with E-state index in [0.29, 0.717) is 10.9 Å². The lowest BCUT2D eigenvalue weighted by Crippen LogP contribution is -2.36. The molecule has 1 heterocycles. The van der Waals surface area contributed by atoms with E-state index in [4.69, 9.17) is 17.3 Å². The van der Waals surface area contributed by atoms with E-state index >= 15 is 0 Å². The van der Waals surface area contributed by atoms with Crippen molar-refractivity contribution in [1.82, 2.24) is 0 Å². The molecule has 0 bridgehead atoms. The van der Waals surface area contributed by atoms with Crippen LogP contribution >= 0.6 is 11.6 Å². The van der Waals surface area contributed by atoms with Crippen molar-refractivity contribution in [3.8, 4) is 6.07 Å². The van der Waals surface area contributed by atoms with Crippen LogP contribution in [0.1, 0.15) is 25.7 Å². The molecule has 21 heavy (non-hydrogen) atoms. The molecule has 110 valence electrons. The molecule has 5 nitrogen and oxygen atoms in total. The zero-order chi connectivity index (χ0) is 15.1. The van der Waals surface area contributed by atoms with E-state index in [1.165, 1.54) is 12.8 Å². The molecule has 2 rings (SSSR count). The Balaban J connectivity index is 2.14. The first-order chi connectivity index (χ1) is 10.2. The topological polar surface area (TPSA) is 77.2 Å². The first-order valence-electron chi connectivity index (χ1n) is 7.08. The van der Waals surface area contributed by atoms with Crippen LogP contribution in [0, 0.1) is 11.3 Å². The molecule has 0 amide bonds. The fourth-order valence-corrected chi connectivity index (χ4v) is 2.37. The molecule has 1 aliphatic rings. The lowest BCUT2D eigenvalue weighted by molar-refractivity contribution is -0.525. The summed E-state index contributed by atoms with van der Waals surface area (Å²) < 4.78 is 2.04. The molecule has 0 saturated carbocycles. The molecule has 1 fully saturated rings. The first-order valence-corrected chi connectivity index (χ1v) is 7.45. The lowest BCUT2D eigenvalue weighted by Gasteiger charge is -2.06. The number of benzene rings is 1. The number of anilines is 1. The summed E-state index contributed by atoms with van der Waals surface area (Å²) in [7, 11) is 0. The zero-order valence-electron chi connectivity index (χ0n) is 11.8. The molecule has 0 aliphatic carbocycles. The summed E-state index contributed by atoms with van der Waals surface area (Å²) in [4.78, 5) is 0. The van der Waals surface area contributed by atoms with Gasteiger partial charge in [-0.2, -0.15) is 10.4 Å². The van der Waals surface area contributed by atoms with Crippen LogP contribution in [-0.4, -0.2) is 29.2 Å². The highest BCUT2D eigenvalue weighted by Crippen LogP contribution is 2.13. The second kappa shape index (κ2) is 7.65. The molecule has 1 aliphatic heterocycles. The van der Waals surface area contributed by atoms with Crippen molar-refractivity contribution in [3.05, 3.63) is 29.3 Å². The van der Waals surface area contributed by atoms with Crippen LogP contribution in [-0.2, 0) is 0 Å². The van der Waals surface area contributed by atoms with Gasteiger partial charge in [0.15, 0.2) is 0 Å². The van der Waals surface area contributed by atoms with E-state index in [-0.39, 0.29) is 5.71 Å². The number of hydrazone groups is 1. The highest BCUT2D eigenvalue weighted by Gasteiger charge is 2.17. The minimum absolute atomic E-state index is 0.215. The molecular formula is C15H19ClN5+. The minimum Gasteiger partial charge on any atom is -0.285 e. The number of nitriles is 1. The molecule has 0 unspecified atom stereocenters. The van der Waals surface area contributed by atoms with Gasteiger partial charge < -0.3 is 0 Å². The second-order valence-electron chi connectivity index (χ2n) is 4.98. The Morgan fingerprint density at radius 3 is 2.38 bits per heavy atom. The van der Waals surface area contributed by atoms with Crippen molar-refractivity contribution in [2.45, 2.75) is 25.7 Å². The Labute approximate surface area is 129 Å². The second-order valence-corrected chi connectivity index (χ2v) is 5.41. The maximum atomic E-state index is 9.25. The Kier molecular flexibility index (Phi) is 5.59. The van der Waals surface area contributed by atoms with Gasteiger partial charge in [-0.1, -0.05) is 11.6 Å². The lowest BCUT2D eigenvalue weighted by atomic mass is 10.2. The molecule has 1 saturated heterocycles. The summed E-state index contributed by atoms with van der Waals surface area (Å²) in [6.45, 7) is 1.76. The number of nitrogens with two attached hydrogens (primary N) is 1. The number of hydrogen-bond donors (Lipinski definition) is 2. The van der Waals surface area contributed by atoms with Gasteiger partial charge in [0.05, 0.1) is 18.8 Å². The van der Waals surface area contributed by atoms with Crippen molar-refractivity contribution in [2.75, 3.05) is 18.5 Å². The Morgan fingerprint density at radius 2 is 1.81 bits per heavy atom. The maximum absolute atomic E-state index is 9.25. The molecule has 0 spiro atoms. The molecule has 1 aromatic rings. The molecule has 1 aromatic carbocycles. The number of rotatable bonds is 3. The zero-order valence-corrected chi connectivity index (χ0v) is 12.6. The Bertz CT molecular complexity index is 573. The fourth-order valence-electron chi connectivity index (χ4n) is 2.25. The number of nitrogens with one attached hydrogen (secondary N) is 1. The maximum Gasteiger partial charge on any atom is 0.306 e. The number of nitrogens with zero attached hydrogens (tertiary/aromatic N) is 3. The molecule has 0 radical (unpaired) electrons. The molecule has 6 heteroatoms. The fraction of sp³-hybridized carbons (Fsp3) is 0.400. The van der Waals surface area contributed by atoms with Gasteiger partial charge in [-0.25, -0.2) is 0 Å².